The van der Waals surface area contributed by atoms with Gasteiger partial charge in [-0.3, -0.25) is 14.3 Å². The molecule has 0 fully saturated rings. The number of nitrogens with one attached hydrogen (secondary N) is 2. The number of hydrogen-bond donors (Lipinski definition) is 2. The summed E-state index contributed by atoms with van der Waals surface area (Å²) in [6.07, 6.45) is 1.07. The van der Waals surface area contributed by atoms with E-state index in [1.54, 1.807) is 31.2 Å². The number of benzene rings is 1. The summed E-state index contributed by atoms with van der Waals surface area (Å²) in [5.74, 6) is -0.465. The van der Waals surface area contributed by atoms with Gasteiger partial charge in [0.2, 0.25) is 15.9 Å². The first kappa shape index (κ1) is 16.2. The summed E-state index contributed by atoms with van der Waals surface area (Å²) in [5.41, 5.74) is 1.17. The Morgan fingerprint density at radius 1 is 1.15 bits per heavy atom. The fraction of sp³-hybridized carbons (Fsp3) is 0.385. The Bertz CT molecular complexity index is 579. The maximum absolute atomic E-state index is 11.6. The first-order chi connectivity index (χ1) is 9.30. The first-order valence-electron chi connectivity index (χ1n) is 6.15. The molecule has 20 heavy (non-hydrogen) atoms. The molecule has 0 atom stereocenters. The number of ketones is 1. The topological polar surface area (TPSA) is 92.3 Å². The van der Waals surface area contributed by atoms with Crippen molar-refractivity contribution in [3.63, 3.8) is 0 Å². The second-order valence-corrected chi connectivity index (χ2v) is 6.17. The molecule has 0 saturated heterocycles. The Morgan fingerprint density at radius 2 is 1.75 bits per heavy atom. The van der Waals surface area contributed by atoms with Gasteiger partial charge in [-0.25, -0.2) is 8.42 Å². The minimum absolute atomic E-state index is 0.142. The molecule has 1 aromatic carbocycles. The molecule has 0 bridgehead atoms. The second-order valence-electron chi connectivity index (χ2n) is 4.42. The molecule has 0 aromatic heterocycles. The highest BCUT2D eigenvalue weighted by Crippen LogP contribution is 2.11. The number of anilines is 1. The van der Waals surface area contributed by atoms with Gasteiger partial charge in [-0.05, 0) is 24.6 Å². The van der Waals surface area contributed by atoms with Crippen molar-refractivity contribution in [1.29, 1.82) is 0 Å². The highest BCUT2D eigenvalue weighted by Gasteiger charge is 2.09. The van der Waals surface area contributed by atoms with E-state index < -0.39 is 10.0 Å². The first-order valence-corrected chi connectivity index (χ1v) is 8.04. The largest absolute Gasteiger partial charge is 0.356 e. The molecule has 0 aliphatic rings. The standard InChI is InChI=1S/C13H18N2O4S/c1-3-14-13(17)9-12(16)8-10-4-6-11(7-5-10)15-20(2,18)19/h4-7,15H,3,8-9H2,1-2H3,(H,14,17). The Morgan fingerprint density at radius 3 is 2.25 bits per heavy atom. The number of amides is 1. The van der Waals surface area contributed by atoms with Crippen LogP contribution in [0.15, 0.2) is 24.3 Å². The van der Waals surface area contributed by atoms with Crippen LogP contribution in [-0.2, 0) is 26.0 Å². The number of sulfonamides is 1. The Kier molecular flexibility index (Phi) is 5.69. The number of rotatable bonds is 7. The highest BCUT2D eigenvalue weighted by atomic mass is 32.2. The van der Waals surface area contributed by atoms with E-state index in [-0.39, 0.29) is 24.5 Å². The van der Waals surface area contributed by atoms with Gasteiger partial charge in [0, 0.05) is 18.7 Å². The fourth-order valence-corrected chi connectivity index (χ4v) is 2.20. The van der Waals surface area contributed by atoms with Crippen LogP contribution in [0.5, 0.6) is 0 Å². The van der Waals surface area contributed by atoms with Crippen LogP contribution in [0.3, 0.4) is 0 Å². The summed E-state index contributed by atoms with van der Waals surface area (Å²) in [4.78, 5) is 22.9. The molecular formula is C13H18N2O4S. The molecule has 0 unspecified atom stereocenters. The van der Waals surface area contributed by atoms with Gasteiger partial charge < -0.3 is 5.32 Å². The van der Waals surface area contributed by atoms with Crippen LogP contribution in [0.1, 0.15) is 18.9 Å². The lowest BCUT2D eigenvalue weighted by Gasteiger charge is -2.05. The van der Waals surface area contributed by atoms with Gasteiger partial charge in [0.1, 0.15) is 5.78 Å². The smallest absolute Gasteiger partial charge is 0.229 e. The summed E-state index contributed by atoms with van der Waals surface area (Å²) in [6, 6.07) is 6.47. The number of Topliss-reactive ketones (excluding diaryl/α,β-unsaturated/α-hetero) is 1. The monoisotopic (exact) mass is 298 g/mol. The third-order valence-corrected chi connectivity index (χ3v) is 3.00. The van der Waals surface area contributed by atoms with E-state index in [0.29, 0.717) is 12.2 Å². The van der Waals surface area contributed by atoms with Crippen LogP contribution in [-0.4, -0.2) is 32.9 Å². The lowest BCUT2D eigenvalue weighted by molar-refractivity contribution is -0.127. The van der Waals surface area contributed by atoms with E-state index in [9.17, 15) is 18.0 Å². The summed E-state index contributed by atoms with van der Waals surface area (Å²) in [5, 5.41) is 2.56. The lowest BCUT2D eigenvalue weighted by atomic mass is 10.1. The van der Waals surface area contributed by atoms with Crippen LogP contribution < -0.4 is 10.0 Å². The predicted octanol–water partition coefficient (Wildman–Crippen LogP) is 0.696. The van der Waals surface area contributed by atoms with E-state index in [1.165, 1.54) is 0 Å². The number of carbonyl (C=O) groups excluding carboxylic acids is 2. The van der Waals surface area contributed by atoms with Crippen molar-refractivity contribution in [1.82, 2.24) is 5.32 Å². The summed E-state index contributed by atoms with van der Waals surface area (Å²) in [7, 11) is -3.31. The van der Waals surface area contributed by atoms with Crippen LogP contribution in [0.2, 0.25) is 0 Å². The maximum atomic E-state index is 11.6. The van der Waals surface area contributed by atoms with Crippen molar-refractivity contribution < 1.29 is 18.0 Å². The molecule has 0 spiro atoms. The van der Waals surface area contributed by atoms with Crippen LogP contribution in [0, 0.1) is 0 Å². The van der Waals surface area contributed by atoms with Gasteiger partial charge in [0.15, 0.2) is 0 Å². The third-order valence-electron chi connectivity index (χ3n) is 2.39. The van der Waals surface area contributed by atoms with Gasteiger partial charge in [-0.2, -0.15) is 0 Å². The summed E-state index contributed by atoms with van der Waals surface area (Å²) in [6.45, 7) is 2.29. The van der Waals surface area contributed by atoms with Crippen molar-refractivity contribution in [2.45, 2.75) is 19.8 Å². The second kappa shape index (κ2) is 7.04. The quantitative estimate of drug-likeness (QED) is 0.725. The zero-order valence-corrected chi connectivity index (χ0v) is 12.3. The Labute approximate surface area is 118 Å². The molecule has 110 valence electrons. The Hall–Kier alpha value is -1.89. The van der Waals surface area contributed by atoms with Crippen LogP contribution >= 0.6 is 0 Å². The van der Waals surface area contributed by atoms with Gasteiger partial charge in [-0.15, -0.1) is 0 Å². The molecule has 6 nitrogen and oxygen atoms in total. The van der Waals surface area contributed by atoms with Crippen molar-refractivity contribution in [2.24, 2.45) is 0 Å². The highest BCUT2D eigenvalue weighted by molar-refractivity contribution is 7.92. The predicted molar refractivity (Wildman–Crippen MR) is 76.9 cm³/mol. The van der Waals surface area contributed by atoms with Crippen molar-refractivity contribution >= 4 is 27.4 Å². The molecule has 1 aromatic rings. The molecule has 0 saturated carbocycles. The number of hydrogen-bond acceptors (Lipinski definition) is 4. The van der Waals surface area contributed by atoms with E-state index in [0.717, 1.165) is 11.8 Å². The van der Waals surface area contributed by atoms with Gasteiger partial charge in [-0.1, -0.05) is 12.1 Å². The molecule has 0 aliphatic carbocycles. The number of carbonyl (C=O) groups is 2. The molecular weight excluding hydrogens is 280 g/mol. The van der Waals surface area contributed by atoms with Crippen molar-refractivity contribution in [3.8, 4) is 0 Å². The van der Waals surface area contributed by atoms with Gasteiger partial charge in [0.05, 0.1) is 12.7 Å². The minimum Gasteiger partial charge on any atom is -0.356 e. The fourth-order valence-electron chi connectivity index (χ4n) is 1.63. The molecule has 7 heteroatoms. The normalized spacial score (nSPS) is 10.9. The molecule has 0 aliphatic heterocycles. The molecule has 1 rings (SSSR count). The average molecular weight is 298 g/mol. The van der Waals surface area contributed by atoms with Gasteiger partial charge >= 0.3 is 0 Å². The van der Waals surface area contributed by atoms with E-state index in [1.807, 2.05) is 0 Å². The molecule has 0 heterocycles. The molecule has 2 N–H and O–H groups in total. The van der Waals surface area contributed by atoms with Gasteiger partial charge in [0.25, 0.3) is 0 Å². The van der Waals surface area contributed by atoms with E-state index in [4.69, 9.17) is 0 Å². The Balaban J connectivity index is 2.57. The molecule has 1 amide bonds. The van der Waals surface area contributed by atoms with Crippen LogP contribution in [0.25, 0.3) is 0 Å². The van der Waals surface area contributed by atoms with E-state index >= 15 is 0 Å². The lowest BCUT2D eigenvalue weighted by Crippen LogP contribution is -2.25. The summed E-state index contributed by atoms with van der Waals surface area (Å²) >= 11 is 0. The maximum Gasteiger partial charge on any atom is 0.229 e. The zero-order valence-electron chi connectivity index (χ0n) is 11.5. The zero-order chi connectivity index (χ0) is 15.2. The van der Waals surface area contributed by atoms with Crippen LogP contribution in [0.4, 0.5) is 5.69 Å². The minimum atomic E-state index is -3.31. The van der Waals surface area contributed by atoms with Crippen molar-refractivity contribution in [3.05, 3.63) is 29.8 Å². The average Bonchev–Trinajstić information content (AvgIpc) is 2.30. The SMILES string of the molecule is CCNC(=O)CC(=O)Cc1ccc(NS(C)(=O)=O)cc1. The third kappa shape index (κ3) is 6.33. The van der Waals surface area contributed by atoms with Crippen molar-refractivity contribution in [2.75, 3.05) is 17.5 Å². The molecule has 0 radical (unpaired) electrons. The summed E-state index contributed by atoms with van der Waals surface area (Å²) < 4.78 is 24.4. The van der Waals surface area contributed by atoms with E-state index in [2.05, 4.69) is 10.0 Å².